The Bertz CT molecular complexity index is 652. The summed E-state index contributed by atoms with van der Waals surface area (Å²) >= 11 is 1.52. The van der Waals surface area contributed by atoms with Crippen LogP contribution < -0.4 is 11.1 Å². The Morgan fingerprint density at radius 2 is 2.14 bits per heavy atom. The van der Waals surface area contributed by atoms with Gasteiger partial charge in [0.15, 0.2) is 0 Å². The van der Waals surface area contributed by atoms with Crippen LogP contribution in [0.5, 0.6) is 0 Å². The summed E-state index contributed by atoms with van der Waals surface area (Å²) in [6.45, 7) is 6.41. The molecule has 7 heteroatoms. The number of rotatable bonds is 3. The minimum Gasteiger partial charge on any atom is -0.369 e. The number of nitrogens with two attached hydrogens (primary N) is 1. The molecule has 0 aliphatic heterocycles. The van der Waals surface area contributed by atoms with E-state index in [1.807, 2.05) is 10.7 Å². The highest BCUT2D eigenvalue weighted by Crippen LogP contribution is 2.30. The third-order valence-corrected chi connectivity index (χ3v) is 5.11. The second-order valence-electron chi connectivity index (χ2n) is 7.05. The third kappa shape index (κ3) is 2.95. The standard InChI is InChI=1S/C15H23N5OS/c1-15(2,3)11-8-20-14(18-11)22-13(19-20)17-10-7-5-4-6-9(10)12(16)21/h8-10H,4-7H2,1-3H3,(H2,16,21)(H,17,19)/t9-,10+/m1/s1. The molecule has 1 fully saturated rings. The van der Waals surface area contributed by atoms with Crippen molar-refractivity contribution in [3.8, 4) is 0 Å². The topological polar surface area (TPSA) is 85.3 Å². The molecule has 0 saturated heterocycles. The summed E-state index contributed by atoms with van der Waals surface area (Å²) in [6, 6.07) is 0.0872. The molecule has 2 atom stereocenters. The average molecular weight is 321 g/mol. The van der Waals surface area contributed by atoms with Crippen LogP contribution in [0.15, 0.2) is 6.20 Å². The van der Waals surface area contributed by atoms with E-state index in [2.05, 4.69) is 36.2 Å². The van der Waals surface area contributed by atoms with Gasteiger partial charge in [-0.25, -0.2) is 9.50 Å². The van der Waals surface area contributed by atoms with Crippen molar-refractivity contribution in [2.75, 3.05) is 5.32 Å². The lowest BCUT2D eigenvalue weighted by molar-refractivity contribution is -0.122. The number of carbonyl (C=O) groups is 1. The largest absolute Gasteiger partial charge is 0.369 e. The maximum atomic E-state index is 11.6. The summed E-state index contributed by atoms with van der Waals surface area (Å²) in [5, 5.41) is 8.74. The predicted octanol–water partition coefficient (Wildman–Crippen LogP) is 2.54. The molecule has 2 aromatic rings. The Kier molecular flexibility index (Phi) is 3.84. The van der Waals surface area contributed by atoms with E-state index < -0.39 is 0 Å². The Morgan fingerprint density at radius 1 is 1.41 bits per heavy atom. The molecular weight excluding hydrogens is 298 g/mol. The van der Waals surface area contributed by atoms with Crippen LogP contribution in [-0.4, -0.2) is 26.5 Å². The molecule has 6 nitrogen and oxygen atoms in total. The highest BCUT2D eigenvalue weighted by molar-refractivity contribution is 7.20. The van der Waals surface area contributed by atoms with Crippen molar-refractivity contribution in [3.63, 3.8) is 0 Å². The summed E-state index contributed by atoms with van der Waals surface area (Å²) in [4.78, 5) is 17.1. The SMILES string of the molecule is CC(C)(C)c1cn2nc(N[C@H]3CCCC[C@H]3C(N)=O)sc2n1. The number of hydrogen-bond acceptors (Lipinski definition) is 5. The van der Waals surface area contributed by atoms with Gasteiger partial charge in [0.2, 0.25) is 16.0 Å². The quantitative estimate of drug-likeness (QED) is 0.909. The van der Waals surface area contributed by atoms with E-state index in [9.17, 15) is 4.79 Å². The van der Waals surface area contributed by atoms with Gasteiger partial charge in [-0.1, -0.05) is 44.9 Å². The molecule has 3 N–H and O–H groups in total. The van der Waals surface area contributed by atoms with E-state index in [1.54, 1.807) is 0 Å². The van der Waals surface area contributed by atoms with Crippen LogP contribution in [0.4, 0.5) is 5.13 Å². The summed E-state index contributed by atoms with van der Waals surface area (Å²) in [5.41, 5.74) is 6.57. The third-order valence-electron chi connectivity index (χ3n) is 4.25. The van der Waals surface area contributed by atoms with Crippen LogP contribution in [0, 0.1) is 5.92 Å². The summed E-state index contributed by atoms with van der Waals surface area (Å²) in [7, 11) is 0. The number of nitrogens with one attached hydrogen (secondary N) is 1. The van der Waals surface area contributed by atoms with E-state index in [0.717, 1.165) is 41.5 Å². The first-order chi connectivity index (χ1) is 10.3. The van der Waals surface area contributed by atoms with Crippen LogP contribution >= 0.6 is 11.3 Å². The smallest absolute Gasteiger partial charge is 0.222 e. The predicted molar refractivity (Wildman–Crippen MR) is 88.1 cm³/mol. The fourth-order valence-corrected chi connectivity index (χ4v) is 3.77. The van der Waals surface area contributed by atoms with Crippen molar-refractivity contribution in [1.82, 2.24) is 14.6 Å². The van der Waals surface area contributed by atoms with Crippen LogP contribution in [0.3, 0.4) is 0 Å². The molecule has 1 amide bonds. The molecule has 3 rings (SSSR count). The summed E-state index contributed by atoms with van der Waals surface area (Å²) in [5.74, 6) is -0.316. The lowest BCUT2D eigenvalue weighted by Crippen LogP contribution is -2.40. The molecular formula is C15H23N5OS. The molecule has 2 aromatic heterocycles. The van der Waals surface area contributed by atoms with E-state index in [0.29, 0.717) is 0 Å². The lowest BCUT2D eigenvalue weighted by atomic mass is 9.84. The number of hydrogen-bond donors (Lipinski definition) is 2. The monoisotopic (exact) mass is 321 g/mol. The molecule has 0 aromatic carbocycles. The Labute approximate surface area is 134 Å². The van der Waals surface area contributed by atoms with Crippen LogP contribution in [0.2, 0.25) is 0 Å². The van der Waals surface area contributed by atoms with Crippen LogP contribution in [0.25, 0.3) is 4.96 Å². The van der Waals surface area contributed by atoms with Crippen molar-refractivity contribution in [2.45, 2.75) is 57.9 Å². The number of imidazole rings is 1. The normalized spacial score (nSPS) is 22.9. The zero-order chi connectivity index (χ0) is 15.9. The number of fused-ring (bicyclic) bond motifs is 1. The van der Waals surface area contributed by atoms with E-state index in [4.69, 9.17) is 5.73 Å². The van der Waals surface area contributed by atoms with Gasteiger partial charge < -0.3 is 11.1 Å². The number of nitrogens with zero attached hydrogens (tertiary/aromatic N) is 3. The maximum absolute atomic E-state index is 11.6. The number of aromatic nitrogens is 3. The fourth-order valence-electron chi connectivity index (χ4n) is 2.92. The number of anilines is 1. The van der Waals surface area contributed by atoms with Crippen molar-refractivity contribution in [1.29, 1.82) is 0 Å². The Morgan fingerprint density at radius 3 is 2.77 bits per heavy atom. The first-order valence-corrected chi connectivity index (χ1v) is 8.59. The highest BCUT2D eigenvalue weighted by atomic mass is 32.1. The van der Waals surface area contributed by atoms with Crippen molar-refractivity contribution in [2.24, 2.45) is 11.7 Å². The molecule has 1 aliphatic carbocycles. The van der Waals surface area contributed by atoms with Crippen molar-refractivity contribution in [3.05, 3.63) is 11.9 Å². The first-order valence-electron chi connectivity index (χ1n) is 7.77. The van der Waals surface area contributed by atoms with Gasteiger partial charge in [0, 0.05) is 11.5 Å². The van der Waals surface area contributed by atoms with Crippen LogP contribution in [0.1, 0.15) is 52.1 Å². The fraction of sp³-hybridized carbons (Fsp3) is 0.667. The van der Waals surface area contributed by atoms with E-state index in [1.165, 1.54) is 11.3 Å². The van der Waals surface area contributed by atoms with Gasteiger partial charge >= 0.3 is 0 Å². The minimum atomic E-state index is -0.214. The zero-order valence-electron chi connectivity index (χ0n) is 13.3. The Hall–Kier alpha value is -1.63. The highest BCUT2D eigenvalue weighted by Gasteiger charge is 2.30. The van der Waals surface area contributed by atoms with Gasteiger partial charge in [0.1, 0.15) is 0 Å². The van der Waals surface area contributed by atoms with Crippen LogP contribution in [-0.2, 0) is 10.2 Å². The second-order valence-corrected chi connectivity index (χ2v) is 8.01. The molecule has 1 saturated carbocycles. The van der Waals surface area contributed by atoms with E-state index in [-0.39, 0.29) is 23.3 Å². The van der Waals surface area contributed by atoms with Gasteiger partial charge in [-0.3, -0.25) is 4.79 Å². The molecule has 0 unspecified atom stereocenters. The molecule has 0 radical (unpaired) electrons. The number of amides is 1. The van der Waals surface area contributed by atoms with Crippen molar-refractivity contribution < 1.29 is 4.79 Å². The van der Waals surface area contributed by atoms with Gasteiger partial charge in [0.05, 0.1) is 17.8 Å². The lowest BCUT2D eigenvalue weighted by Gasteiger charge is -2.29. The summed E-state index contributed by atoms with van der Waals surface area (Å²) in [6.07, 6.45) is 6.00. The second kappa shape index (κ2) is 5.53. The minimum absolute atomic E-state index is 0.0153. The van der Waals surface area contributed by atoms with Gasteiger partial charge in [-0.15, -0.1) is 5.10 Å². The molecule has 0 spiro atoms. The maximum Gasteiger partial charge on any atom is 0.222 e. The first kappa shape index (κ1) is 15.3. The molecule has 120 valence electrons. The zero-order valence-corrected chi connectivity index (χ0v) is 14.1. The summed E-state index contributed by atoms with van der Waals surface area (Å²) < 4.78 is 1.82. The molecule has 22 heavy (non-hydrogen) atoms. The number of primary amides is 1. The molecule has 1 aliphatic rings. The van der Waals surface area contributed by atoms with Gasteiger partial charge in [-0.2, -0.15) is 0 Å². The van der Waals surface area contributed by atoms with Crippen molar-refractivity contribution >= 4 is 27.3 Å². The van der Waals surface area contributed by atoms with Gasteiger partial charge in [-0.05, 0) is 12.8 Å². The molecule has 0 bridgehead atoms. The molecule has 2 heterocycles. The average Bonchev–Trinajstić information content (AvgIpc) is 2.96. The number of carbonyl (C=O) groups excluding carboxylic acids is 1. The van der Waals surface area contributed by atoms with E-state index >= 15 is 0 Å². The Balaban J connectivity index is 1.79. The van der Waals surface area contributed by atoms with Gasteiger partial charge in [0.25, 0.3) is 0 Å².